The number of piperidine rings is 1. The molecule has 5 heteroatoms. The number of carboxylic acids is 1. The first-order valence-corrected chi connectivity index (χ1v) is 10.2. The van der Waals surface area contributed by atoms with Crippen LogP contribution in [0.2, 0.25) is 0 Å². The van der Waals surface area contributed by atoms with E-state index in [1.165, 1.54) is 5.56 Å². The van der Waals surface area contributed by atoms with E-state index in [9.17, 15) is 9.90 Å². The van der Waals surface area contributed by atoms with E-state index < -0.39 is 5.97 Å². The van der Waals surface area contributed by atoms with Crippen molar-refractivity contribution in [3.8, 4) is 0 Å². The quantitative estimate of drug-likeness (QED) is 0.865. The summed E-state index contributed by atoms with van der Waals surface area (Å²) in [5, 5.41) is 9.90. The lowest BCUT2D eigenvalue weighted by Crippen LogP contribution is -2.45. The Balaban J connectivity index is 1.41. The van der Waals surface area contributed by atoms with Gasteiger partial charge in [-0.25, -0.2) is 0 Å². The first kappa shape index (κ1) is 19.1. The van der Waals surface area contributed by atoms with Crippen LogP contribution in [-0.4, -0.2) is 52.0 Å². The van der Waals surface area contributed by atoms with Crippen LogP contribution in [0, 0.1) is 18.3 Å². The van der Waals surface area contributed by atoms with Crippen LogP contribution in [0.1, 0.15) is 29.8 Å². The molecule has 0 amide bonds. The molecule has 2 aromatic rings. The van der Waals surface area contributed by atoms with Crippen molar-refractivity contribution in [1.29, 1.82) is 0 Å². The Bertz CT molecular complexity index is 816. The lowest BCUT2D eigenvalue weighted by atomic mass is 9.71. The van der Waals surface area contributed by atoms with E-state index in [1.807, 2.05) is 31.2 Å². The second-order valence-electron chi connectivity index (χ2n) is 8.45. The summed E-state index contributed by atoms with van der Waals surface area (Å²) in [5.74, 6) is -0.903. The summed E-state index contributed by atoms with van der Waals surface area (Å²) in [6, 6.07) is 16.5. The topological polar surface area (TPSA) is 56.7 Å². The molecule has 2 fully saturated rings. The lowest BCUT2D eigenvalue weighted by molar-refractivity contribution is -0.146. The molecule has 3 heterocycles. The fraction of sp³-hybridized carbons (Fsp3) is 0.478. The number of aliphatic carboxylic acids is 1. The number of nitrogens with zero attached hydrogens (tertiary/aromatic N) is 3. The van der Waals surface area contributed by atoms with Gasteiger partial charge in [0, 0.05) is 37.3 Å². The molecule has 0 bridgehead atoms. The van der Waals surface area contributed by atoms with E-state index in [0.717, 1.165) is 57.0 Å². The number of hydrogen-bond donors (Lipinski definition) is 1. The number of benzene rings is 1. The van der Waals surface area contributed by atoms with E-state index in [4.69, 9.17) is 0 Å². The highest BCUT2D eigenvalue weighted by Crippen LogP contribution is 2.45. The van der Waals surface area contributed by atoms with Crippen LogP contribution >= 0.6 is 0 Å². The molecular formula is C23H29N3O2. The molecule has 0 radical (unpaired) electrons. The number of hydrogen-bond acceptors (Lipinski definition) is 4. The zero-order valence-electron chi connectivity index (χ0n) is 16.6. The van der Waals surface area contributed by atoms with Crippen molar-refractivity contribution in [2.24, 2.45) is 11.3 Å². The molecule has 2 saturated heterocycles. The Morgan fingerprint density at radius 1 is 1.07 bits per heavy atom. The monoisotopic (exact) mass is 379 g/mol. The fourth-order valence-corrected chi connectivity index (χ4v) is 4.95. The van der Waals surface area contributed by atoms with Gasteiger partial charge in [-0.3, -0.25) is 19.6 Å². The Labute approximate surface area is 167 Å². The van der Waals surface area contributed by atoms with Crippen LogP contribution in [0.15, 0.2) is 48.5 Å². The van der Waals surface area contributed by atoms with Crippen molar-refractivity contribution >= 4 is 5.97 Å². The van der Waals surface area contributed by atoms with E-state index in [-0.39, 0.29) is 11.3 Å². The molecule has 0 saturated carbocycles. The van der Waals surface area contributed by atoms with Crippen molar-refractivity contribution in [3.63, 3.8) is 0 Å². The second-order valence-corrected chi connectivity index (χ2v) is 8.45. The van der Waals surface area contributed by atoms with Crippen molar-refractivity contribution < 1.29 is 9.90 Å². The summed E-state index contributed by atoms with van der Waals surface area (Å²) in [6.45, 7) is 7.13. The number of rotatable bonds is 5. The molecule has 28 heavy (non-hydrogen) atoms. The summed E-state index contributed by atoms with van der Waals surface area (Å²) < 4.78 is 0. The van der Waals surface area contributed by atoms with Gasteiger partial charge in [-0.05, 0) is 50.6 Å². The van der Waals surface area contributed by atoms with Gasteiger partial charge in [-0.15, -0.1) is 0 Å². The smallest absolute Gasteiger partial charge is 0.308 e. The number of carboxylic acid groups (broad SMARTS) is 1. The number of aromatic nitrogens is 1. The van der Waals surface area contributed by atoms with Gasteiger partial charge in [0.2, 0.25) is 0 Å². The van der Waals surface area contributed by atoms with Gasteiger partial charge in [0.15, 0.2) is 0 Å². The van der Waals surface area contributed by atoms with Crippen LogP contribution in [0.3, 0.4) is 0 Å². The van der Waals surface area contributed by atoms with Gasteiger partial charge in [0.25, 0.3) is 0 Å². The maximum absolute atomic E-state index is 12.0. The minimum atomic E-state index is -0.635. The average molecular weight is 380 g/mol. The molecule has 1 atom stereocenters. The molecule has 1 N–H and O–H groups in total. The van der Waals surface area contributed by atoms with Gasteiger partial charge in [0.05, 0.1) is 11.6 Å². The molecule has 1 aromatic heterocycles. The highest BCUT2D eigenvalue weighted by Gasteiger charge is 2.51. The van der Waals surface area contributed by atoms with E-state index in [1.54, 1.807) is 0 Å². The summed E-state index contributed by atoms with van der Waals surface area (Å²) in [7, 11) is 0. The largest absolute Gasteiger partial charge is 0.481 e. The molecule has 4 rings (SSSR count). The van der Waals surface area contributed by atoms with E-state index in [2.05, 4.69) is 39.0 Å². The van der Waals surface area contributed by atoms with Crippen LogP contribution in [0.4, 0.5) is 0 Å². The minimum absolute atomic E-state index is 0.100. The van der Waals surface area contributed by atoms with Crippen LogP contribution in [0.5, 0.6) is 0 Å². The van der Waals surface area contributed by atoms with Crippen LogP contribution in [0.25, 0.3) is 0 Å². The summed E-state index contributed by atoms with van der Waals surface area (Å²) in [6.07, 6.45) is 1.89. The maximum atomic E-state index is 12.0. The normalized spacial score (nSPS) is 22.5. The molecule has 0 aliphatic carbocycles. The molecule has 148 valence electrons. The van der Waals surface area contributed by atoms with Gasteiger partial charge >= 0.3 is 5.97 Å². The summed E-state index contributed by atoms with van der Waals surface area (Å²) in [4.78, 5) is 21.4. The van der Waals surface area contributed by atoms with E-state index in [0.29, 0.717) is 6.54 Å². The molecule has 5 nitrogen and oxygen atoms in total. The number of pyridine rings is 1. The highest BCUT2D eigenvalue weighted by atomic mass is 16.4. The van der Waals surface area contributed by atoms with Gasteiger partial charge in [0.1, 0.15) is 0 Å². The van der Waals surface area contributed by atoms with Crippen LogP contribution < -0.4 is 0 Å². The number of aryl methyl sites for hydroxylation is 1. The molecule has 1 unspecified atom stereocenters. The third kappa shape index (κ3) is 4.10. The van der Waals surface area contributed by atoms with Gasteiger partial charge < -0.3 is 5.11 Å². The highest BCUT2D eigenvalue weighted by molar-refractivity contribution is 5.72. The Kier molecular flexibility index (Phi) is 5.47. The zero-order chi connectivity index (χ0) is 19.6. The molecule has 1 aromatic carbocycles. The number of likely N-dealkylation sites (tertiary alicyclic amines) is 2. The standard InChI is InChI=1S/C23H29N3O2/c1-18-6-5-9-20(24-18)15-25-12-10-23(11-13-25)17-26(16-21(23)22(27)28)14-19-7-3-2-4-8-19/h2-9,21H,10-17H2,1H3,(H,27,28). The molecule has 2 aliphatic heterocycles. The van der Waals surface area contributed by atoms with Gasteiger partial charge in [-0.2, -0.15) is 0 Å². The predicted octanol–water partition coefficient (Wildman–Crippen LogP) is 3.19. The molecule has 1 spiro atoms. The van der Waals surface area contributed by atoms with Crippen LogP contribution in [-0.2, 0) is 17.9 Å². The minimum Gasteiger partial charge on any atom is -0.481 e. The van der Waals surface area contributed by atoms with Crippen molar-refractivity contribution in [2.45, 2.75) is 32.9 Å². The third-order valence-corrected chi connectivity index (χ3v) is 6.45. The second kappa shape index (κ2) is 8.02. The Morgan fingerprint density at radius 2 is 1.82 bits per heavy atom. The van der Waals surface area contributed by atoms with E-state index >= 15 is 0 Å². The van der Waals surface area contributed by atoms with Crippen molar-refractivity contribution in [3.05, 3.63) is 65.5 Å². The lowest BCUT2D eigenvalue weighted by Gasteiger charge is -2.41. The fourth-order valence-electron chi connectivity index (χ4n) is 4.95. The Hall–Kier alpha value is -2.24. The molecule has 2 aliphatic rings. The van der Waals surface area contributed by atoms with Crippen molar-refractivity contribution in [2.75, 3.05) is 26.2 Å². The SMILES string of the molecule is Cc1cccc(CN2CCC3(CC2)CN(Cc2ccccc2)CC3C(=O)O)n1. The number of carbonyl (C=O) groups is 1. The first-order valence-electron chi connectivity index (χ1n) is 10.2. The Morgan fingerprint density at radius 3 is 2.50 bits per heavy atom. The van der Waals surface area contributed by atoms with Crippen molar-refractivity contribution in [1.82, 2.24) is 14.8 Å². The summed E-state index contributed by atoms with van der Waals surface area (Å²) in [5.41, 5.74) is 3.30. The molecular weight excluding hydrogens is 350 g/mol. The maximum Gasteiger partial charge on any atom is 0.308 e. The predicted molar refractivity (Wildman–Crippen MR) is 109 cm³/mol. The van der Waals surface area contributed by atoms with Gasteiger partial charge in [-0.1, -0.05) is 36.4 Å². The first-order chi connectivity index (χ1) is 13.5. The zero-order valence-corrected chi connectivity index (χ0v) is 16.6. The average Bonchev–Trinajstić information content (AvgIpc) is 3.03. The summed E-state index contributed by atoms with van der Waals surface area (Å²) >= 11 is 0. The third-order valence-electron chi connectivity index (χ3n) is 6.45.